The topological polar surface area (TPSA) is 97.5 Å². The Kier molecular flexibility index (Phi) is 4.72. The summed E-state index contributed by atoms with van der Waals surface area (Å²) in [7, 11) is -6.83. The number of rotatable bonds is 3. The first-order chi connectivity index (χ1) is 9.76. The fourth-order valence-corrected chi connectivity index (χ4v) is 5.49. The molecule has 1 aliphatic rings. The van der Waals surface area contributed by atoms with Crippen molar-refractivity contribution >= 4 is 19.9 Å². The standard InChI is InChI=1S/C13H20N2O4S2/c1-11-3-4-12(10-14)9-13(11)21(18,19)15-5-2-7-20(16,17)8-6-15/h3-4,9H,2,5-8,10,14H2,1H3. The van der Waals surface area contributed by atoms with Gasteiger partial charge < -0.3 is 5.73 Å². The smallest absolute Gasteiger partial charge is 0.243 e. The number of nitrogens with two attached hydrogens (primary N) is 1. The van der Waals surface area contributed by atoms with E-state index in [9.17, 15) is 16.8 Å². The van der Waals surface area contributed by atoms with Crippen LogP contribution in [0.15, 0.2) is 23.1 Å². The van der Waals surface area contributed by atoms with Gasteiger partial charge in [-0.25, -0.2) is 16.8 Å². The highest BCUT2D eigenvalue weighted by molar-refractivity contribution is 7.91. The molecule has 6 nitrogen and oxygen atoms in total. The van der Waals surface area contributed by atoms with Gasteiger partial charge in [-0.3, -0.25) is 0 Å². The summed E-state index contributed by atoms with van der Waals surface area (Å²) in [5.74, 6) is -0.0807. The molecule has 21 heavy (non-hydrogen) atoms. The van der Waals surface area contributed by atoms with E-state index >= 15 is 0 Å². The summed E-state index contributed by atoms with van der Waals surface area (Å²) in [6.07, 6.45) is 0.331. The van der Waals surface area contributed by atoms with Crippen molar-refractivity contribution in [3.8, 4) is 0 Å². The molecule has 2 N–H and O–H groups in total. The van der Waals surface area contributed by atoms with Crippen LogP contribution in [-0.4, -0.2) is 45.7 Å². The van der Waals surface area contributed by atoms with Crippen molar-refractivity contribution < 1.29 is 16.8 Å². The maximum Gasteiger partial charge on any atom is 0.243 e. The summed E-state index contributed by atoms with van der Waals surface area (Å²) in [6.45, 7) is 2.23. The summed E-state index contributed by atoms with van der Waals surface area (Å²) in [6, 6.07) is 5.09. The fraction of sp³-hybridized carbons (Fsp3) is 0.538. The number of nitrogens with zero attached hydrogens (tertiary/aromatic N) is 1. The third-order valence-electron chi connectivity index (χ3n) is 3.62. The van der Waals surface area contributed by atoms with Crippen molar-refractivity contribution in [2.24, 2.45) is 5.73 Å². The van der Waals surface area contributed by atoms with Gasteiger partial charge in [-0.05, 0) is 30.5 Å². The van der Waals surface area contributed by atoms with E-state index in [1.54, 1.807) is 25.1 Å². The van der Waals surface area contributed by atoms with Gasteiger partial charge in [0.1, 0.15) is 0 Å². The molecule has 0 radical (unpaired) electrons. The molecular weight excluding hydrogens is 312 g/mol. The molecule has 8 heteroatoms. The third kappa shape index (κ3) is 3.63. The Morgan fingerprint density at radius 3 is 2.62 bits per heavy atom. The maximum atomic E-state index is 12.7. The lowest BCUT2D eigenvalue weighted by molar-refractivity contribution is 0.434. The summed E-state index contributed by atoms with van der Waals surface area (Å²) >= 11 is 0. The molecule has 0 aliphatic carbocycles. The highest BCUT2D eigenvalue weighted by Gasteiger charge is 2.30. The van der Waals surface area contributed by atoms with E-state index in [2.05, 4.69) is 0 Å². The van der Waals surface area contributed by atoms with Gasteiger partial charge in [-0.1, -0.05) is 12.1 Å². The Hall–Kier alpha value is -0.960. The average molecular weight is 332 g/mol. The van der Waals surface area contributed by atoms with Crippen LogP contribution in [0, 0.1) is 6.92 Å². The quantitative estimate of drug-likeness (QED) is 0.856. The molecule has 0 bridgehead atoms. The van der Waals surface area contributed by atoms with Crippen LogP contribution >= 0.6 is 0 Å². The van der Waals surface area contributed by atoms with Crippen molar-refractivity contribution in [3.05, 3.63) is 29.3 Å². The van der Waals surface area contributed by atoms with Gasteiger partial charge in [-0.2, -0.15) is 4.31 Å². The molecule has 1 saturated heterocycles. The molecule has 0 spiro atoms. The molecule has 0 amide bonds. The van der Waals surface area contributed by atoms with E-state index in [1.807, 2.05) is 0 Å². The molecule has 0 aromatic heterocycles. The van der Waals surface area contributed by atoms with Gasteiger partial charge in [0.05, 0.1) is 16.4 Å². The largest absolute Gasteiger partial charge is 0.326 e. The number of sulfone groups is 1. The molecule has 0 unspecified atom stereocenters. The molecule has 2 rings (SSSR count). The first-order valence-corrected chi connectivity index (χ1v) is 10.0. The number of benzene rings is 1. The second-order valence-corrected chi connectivity index (χ2v) is 9.42. The highest BCUT2D eigenvalue weighted by Crippen LogP contribution is 2.23. The minimum atomic E-state index is -3.69. The van der Waals surface area contributed by atoms with Crippen LogP contribution < -0.4 is 5.73 Å². The SMILES string of the molecule is Cc1ccc(CN)cc1S(=O)(=O)N1CCCS(=O)(=O)CC1. The zero-order chi connectivity index (χ0) is 15.7. The predicted octanol–water partition coefficient (Wildman–Crippen LogP) is 0.263. The first-order valence-electron chi connectivity index (χ1n) is 6.76. The fourth-order valence-electron chi connectivity index (χ4n) is 2.34. The number of sulfonamides is 1. The normalized spacial score (nSPS) is 20.1. The highest BCUT2D eigenvalue weighted by atomic mass is 32.2. The molecular formula is C13H20N2O4S2. The van der Waals surface area contributed by atoms with Crippen molar-refractivity contribution in [3.63, 3.8) is 0 Å². The van der Waals surface area contributed by atoms with Gasteiger partial charge in [0, 0.05) is 19.6 Å². The zero-order valence-electron chi connectivity index (χ0n) is 11.9. The van der Waals surface area contributed by atoms with Crippen molar-refractivity contribution in [2.45, 2.75) is 24.8 Å². The number of hydrogen-bond donors (Lipinski definition) is 1. The average Bonchev–Trinajstić information content (AvgIpc) is 2.60. The van der Waals surface area contributed by atoms with Gasteiger partial charge in [0.15, 0.2) is 9.84 Å². The molecule has 0 saturated carbocycles. The van der Waals surface area contributed by atoms with Crippen LogP contribution in [0.1, 0.15) is 17.5 Å². The summed E-state index contributed by atoms with van der Waals surface area (Å²) in [4.78, 5) is 0.213. The second kappa shape index (κ2) is 6.04. The zero-order valence-corrected chi connectivity index (χ0v) is 13.6. The Morgan fingerprint density at radius 2 is 1.95 bits per heavy atom. The Morgan fingerprint density at radius 1 is 1.24 bits per heavy atom. The number of aryl methyl sites for hydroxylation is 1. The van der Waals surface area contributed by atoms with Gasteiger partial charge in [-0.15, -0.1) is 0 Å². The monoisotopic (exact) mass is 332 g/mol. The van der Waals surface area contributed by atoms with E-state index < -0.39 is 19.9 Å². The van der Waals surface area contributed by atoms with Crippen LogP contribution in [0.5, 0.6) is 0 Å². The lowest BCUT2D eigenvalue weighted by Gasteiger charge is -2.21. The number of hydrogen-bond acceptors (Lipinski definition) is 5. The molecule has 1 fully saturated rings. The maximum absolute atomic E-state index is 12.7. The van der Waals surface area contributed by atoms with E-state index in [1.165, 1.54) is 4.31 Å². The summed E-state index contributed by atoms with van der Waals surface area (Å²) in [5, 5.41) is 0. The Balaban J connectivity index is 2.38. The third-order valence-corrected chi connectivity index (χ3v) is 7.38. The van der Waals surface area contributed by atoms with E-state index in [4.69, 9.17) is 5.73 Å². The molecule has 118 valence electrons. The van der Waals surface area contributed by atoms with Crippen molar-refractivity contribution in [2.75, 3.05) is 24.6 Å². The van der Waals surface area contributed by atoms with Gasteiger partial charge in [0.25, 0.3) is 0 Å². The molecule has 1 heterocycles. The second-order valence-electron chi connectivity index (χ2n) is 5.21. The lowest BCUT2D eigenvalue weighted by Crippen LogP contribution is -2.34. The minimum Gasteiger partial charge on any atom is -0.326 e. The van der Waals surface area contributed by atoms with E-state index in [0.717, 1.165) is 5.56 Å². The van der Waals surface area contributed by atoms with Crippen LogP contribution in [-0.2, 0) is 26.4 Å². The van der Waals surface area contributed by atoms with E-state index in [-0.39, 0.29) is 36.0 Å². The van der Waals surface area contributed by atoms with Crippen LogP contribution in [0.25, 0.3) is 0 Å². The van der Waals surface area contributed by atoms with Gasteiger partial charge in [0.2, 0.25) is 10.0 Å². The molecule has 0 atom stereocenters. The Bertz CT molecular complexity index is 727. The molecule has 1 aromatic rings. The van der Waals surface area contributed by atoms with Crippen molar-refractivity contribution in [1.82, 2.24) is 4.31 Å². The van der Waals surface area contributed by atoms with Crippen LogP contribution in [0.2, 0.25) is 0 Å². The molecule has 1 aliphatic heterocycles. The predicted molar refractivity (Wildman–Crippen MR) is 81.1 cm³/mol. The first kappa shape index (κ1) is 16.4. The summed E-state index contributed by atoms with van der Waals surface area (Å²) in [5.41, 5.74) is 6.94. The van der Waals surface area contributed by atoms with Crippen LogP contribution in [0.4, 0.5) is 0 Å². The van der Waals surface area contributed by atoms with E-state index in [0.29, 0.717) is 12.0 Å². The lowest BCUT2D eigenvalue weighted by atomic mass is 10.1. The van der Waals surface area contributed by atoms with Crippen LogP contribution in [0.3, 0.4) is 0 Å². The Labute approximate surface area is 125 Å². The molecule has 1 aromatic carbocycles. The minimum absolute atomic E-state index is 0.0109. The van der Waals surface area contributed by atoms with Crippen molar-refractivity contribution in [1.29, 1.82) is 0 Å². The van der Waals surface area contributed by atoms with Gasteiger partial charge >= 0.3 is 0 Å². The summed E-state index contributed by atoms with van der Waals surface area (Å²) < 4.78 is 49.9.